The fourth-order valence-corrected chi connectivity index (χ4v) is 1.96. The molecule has 0 aliphatic carbocycles. The van der Waals surface area contributed by atoms with Crippen LogP contribution in [0, 0.1) is 10.1 Å². The zero-order valence-electron chi connectivity index (χ0n) is 11.3. The van der Waals surface area contributed by atoms with E-state index in [-0.39, 0.29) is 17.3 Å². The molecule has 0 saturated carbocycles. The van der Waals surface area contributed by atoms with Crippen LogP contribution in [0.3, 0.4) is 0 Å². The molecule has 0 spiro atoms. The largest absolute Gasteiger partial charge is 0.495 e. The third kappa shape index (κ3) is 3.11. The SMILES string of the molecule is CNc1ncnc(Nc2ccc(OC)c(Cl)c2)c1[N+](=O)[O-]. The summed E-state index contributed by atoms with van der Waals surface area (Å²) in [7, 11) is 3.05. The van der Waals surface area contributed by atoms with E-state index in [1.165, 1.54) is 13.4 Å². The molecular weight excluding hydrogens is 298 g/mol. The molecule has 2 aromatic rings. The van der Waals surface area contributed by atoms with Crippen molar-refractivity contribution in [3.8, 4) is 5.75 Å². The van der Waals surface area contributed by atoms with Gasteiger partial charge in [0.2, 0.25) is 11.6 Å². The van der Waals surface area contributed by atoms with Crippen molar-refractivity contribution in [1.82, 2.24) is 9.97 Å². The first-order valence-corrected chi connectivity index (χ1v) is 6.22. The van der Waals surface area contributed by atoms with Crippen LogP contribution < -0.4 is 15.4 Å². The summed E-state index contributed by atoms with van der Waals surface area (Å²) >= 11 is 6.01. The molecule has 2 N–H and O–H groups in total. The molecule has 0 aliphatic heterocycles. The second-order valence-electron chi connectivity index (χ2n) is 3.90. The number of nitro groups is 1. The molecule has 2 rings (SSSR count). The van der Waals surface area contributed by atoms with E-state index < -0.39 is 4.92 Å². The highest BCUT2D eigenvalue weighted by molar-refractivity contribution is 6.32. The van der Waals surface area contributed by atoms with Crippen molar-refractivity contribution in [1.29, 1.82) is 0 Å². The molecule has 0 bridgehead atoms. The quantitative estimate of drug-likeness (QED) is 0.646. The lowest BCUT2D eigenvalue weighted by Gasteiger charge is -2.09. The van der Waals surface area contributed by atoms with E-state index in [1.807, 2.05) is 0 Å². The van der Waals surface area contributed by atoms with Gasteiger partial charge in [-0.25, -0.2) is 9.97 Å². The lowest BCUT2D eigenvalue weighted by atomic mass is 10.3. The van der Waals surface area contributed by atoms with Gasteiger partial charge in [-0.1, -0.05) is 11.6 Å². The molecule has 1 aromatic heterocycles. The van der Waals surface area contributed by atoms with Gasteiger partial charge in [0.05, 0.1) is 17.1 Å². The Labute approximate surface area is 125 Å². The summed E-state index contributed by atoms with van der Waals surface area (Å²) in [4.78, 5) is 18.3. The summed E-state index contributed by atoms with van der Waals surface area (Å²) in [6.45, 7) is 0. The molecule has 1 aromatic carbocycles. The number of nitrogens with one attached hydrogen (secondary N) is 2. The second kappa shape index (κ2) is 6.23. The van der Waals surface area contributed by atoms with Crippen LogP contribution in [0.4, 0.5) is 23.0 Å². The van der Waals surface area contributed by atoms with Crippen LogP contribution in [-0.4, -0.2) is 29.0 Å². The normalized spacial score (nSPS) is 10.0. The smallest absolute Gasteiger partial charge is 0.353 e. The number of aromatic nitrogens is 2. The number of hydrogen-bond donors (Lipinski definition) is 2. The number of methoxy groups -OCH3 is 1. The topological polar surface area (TPSA) is 102 Å². The van der Waals surface area contributed by atoms with E-state index in [1.54, 1.807) is 25.2 Å². The number of anilines is 3. The summed E-state index contributed by atoms with van der Waals surface area (Å²) < 4.78 is 5.05. The molecule has 21 heavy (non-hydrogen) atoms. The number of rotatable bonds is 5. The number of hydrogen-bond acceptors (Lipinski definition) is 7. The van der Waals surface area contributed by atoms with E-state index in [4.69, 9.17) is 16.3 Å². The van der Waals surface area contributed by atoms with Gasteiger partial charge >= 0.3 is 5.69 Å². The maximum Gasteiger partial charge on any atom is 0.353 e. The number of halogens is 1. The molecule has 0 fully saturated rings. The van der Waals surface area contributed by atoms with Crippen molar-refractivity contribution < 1.29 is 9.66 Å². The minimum Gasteiger partial charge on any atom is -0.495 e. The summed E-state index contributed by atoms with van der Waals surface area (Å²) in [5.74, 6) is 0.702. The van der Waals surface area contributed by atoms with Gasteiger partial charge in [0, 0.05) is 12.7 Å². The second-order valence-corrected chi connectivity index (χ2v) is 4.31. The summed E-state index contributed by atoms with van der Waals surface area (Å²) in [6, 6.07) is 4.91. The van der Waals surface area contributed by atoms with Crippen LogP contribution in [0.1, 0.15) is 0 Å². The Morgan fingerprint density at radius 2 is 2.05 bits per heavy atom. The first-order valence-electron chi connectivity index (χ1n) is 5.84. The molecule has 0 radical (unpaired) electrons. The first-order chi connectivity index (χ1) is 10.1. The van der Waals surface area contributed by atoms with Crippen molar-refractivity contribution >= 4 is 34.6 Å². The Hall–Kier alpha value is -2.61. The van der Waals surface area contributed by atoms with Crippen molar-refractivity contribution in [3.63, 3.8) is 0 Å². The van der Waals surface area contributed by atoms with Crippen LogP contribution in [0.5, 0.6) is 5.75 Å². The minimum absolute atomic E-state index is 0.0700. The highest BCUT2D eigenvalue weighted by atomic mass is 35.5. The van der Waals surface area contributed by atoms with Gasteiger partial charge in [-0.15, -0.1) is 0 Å². The van der Waals surface area contributed by atoms with E-state index in [0.29, 0.717) is 16.5 Å². The number of ether oxygens (including phenoxy) is 1. The van der Waals surface area contributed by atoms with Crippen molar-refractivity contribution in [2.75, 3.05) is 24.8 Å². The Kier molecular flexibility index (Phi) is 4.39. The van der Waals surface area contributed by atoms with Gasteiger partial charge < -0.3 is 15.4 Å². The maximum atomic E-state index is 11.2. The molecular formula is C12H12ClN5O3. The van der Waals surface area contributed by atoms with Crippen LogP contribution in [0.25, 0.3) is 0 Å². The zero-order valence-corrected chi connectivity index (χ0v) is 12.0. The van der Waals surface area contributed by atoms with Gasteiger partial charge in [-0.05, 0) is 18.2 Å². The average Bonchev–Trinajstić information content (AvgIpc) is 2.46. The van der Waals surface area contributed by atoms with Crippen molar-refractivity contribution in [3.05, 3.63) is 39.7 Å². The van der Waals surface area contributed by atoms with Gasteiger partial charge in [0.25, 0.3) is 0 Å². The fraction of sp³-hybridized carbons (Fsp3) is 0.167. The Balaban J connectivity index is 2.40. The minimum atomic E-state index is -0.556. The van der Waals surface area contributed by atoms with E-state index in [9.17, 15) is 10.1 Å². The monoisotopic (exact) mass is 309 g/mol. The molecule has 110 valence electrons. The van der Waals surface area contributed by atoms with E-state index in [0.717, 1.165) is 0 Å². The van der Waals surface area contributed by atoms with Crippen molar-refractivity contribution in [2.24, 2.45) is 0 Å². The third-order valence-corrected chi connectivity index (χ3v) is 2.95. The van der Waals surface area contributed by atoms with Crippen LogP contribution in [0.15, 0.2) is 24.5 Å². The van der Waals surface area contributed by atoms with Crippen molar-refractivity contribution in [2.45, 2.75) is 0 Å². The molecule has 0 aliphatic rings. The summed E-state index contributed by atoms with van der Waals surface area (Å²) in [5, 5.41) is 17.0. The molecule has 9 heteroatoms. The lowest BCUT2D eigenvalue weighted by molar-refractivity contribution is -0.383. The molecule has 1 heterocycles. The zero-order chi connectivity index (χ0) is 15.4. The van der Waals surface area contributed by atoms with E-state index >= 15 is 0 Å². The molecule has 0 saturated heterocycles. The predicted molar refractivity (Wildman–Crippen MR) is 79.5 cm³/mol. The Bertz CT molecular complexity index is 680. The molecule has 0 amide bonds. The fourth-order valence-electron chi connectivity index (χ4n) is 1.71. The molecule has 0 unspecified atom stereocenters. The standard InChI is InChI=1S/C12H12ClN5O3/c1-14-11-10(18(19)20)12(16-6-15-11)17-7-3-4-9(21-2)8(13)5-7/h3-6H,1-2H3,(H2,14,15,16,17). The highest BCUT2D eigenvalue weighted by Crippen LogP contribution is 2.33. The van der Waals surface area contributed by atoms with Gasteiger partial charge in [0.1, 0.15) is 12.1 Å². The van der Waals surface area contributed by atoms with Gasteiger partial charge in [0.15, 0.2) is 0 Å². The lowest BCUT2D eigenvalue weighted by Crippen LogP contribution is -2.05. The first kappa shape index (κ1) is 14.8. The van der Waals surface area contributed by atoms with Gasteiger partial charge in [-0.2, -0.15) is 0 Å². The Morgan fingerprint density at radius 3 is 2.62 bits per heavy atom. The maximum absolute atomic E-state index is 11.2. The van der Waals surface area contributed by atoms with Crippen LogP contribution in [-0.2, 0) is 0 Å². The van der Waals surface area contributed by atoms with Crippen LogP contribution in [0.2, 0.25) is 5.02 Å². The average molecular weight is 310 g/mol. The summed E-state index contributed by atoms with van der Waals surface area (Å²) in [6.07, 6.45) is 1.23. The predicted octanol–water partition coefficient (Wildman–Crippen LogP) is 2.83. The molecule has 8 nitrogen and oxygen atoms in total. The number of nitrogens with zero attached hydrogens (tertiary/aromatic N) is 3. The third-order valence-electron chi connectivity index (χ3n) is 2.66. The summed E-state index contributed by atoms with van der Waals surface area (Å²) in [5.41, 5.74) is 0.302. The van der Waals surface area contributed by atoms with Crippen LogP contribution >= 0.6 is 11.6 Å². The molecule has 0 atom stereocenters. The Morgan fingerprint density at radius 1 is 1.33 bits per heavy atom. The van der Waals surface area contributed by atoms with E-state index in [2.05, 4.69) is 20.6 Å². The highest BCUT2D eigenvalue weighted by Gasteiger charge is 2.22. The number of benzene rings is 1. The van der Waals surface area contributed by atoms with Gasteiger partial charge in [-0.3, -0.25) is 10.1 Å².